The molecular weight excluding hydrogens is 304 g/mol. The molecule has 0 bridgehead atoms. The molecule has 1 atom stereocenters. The fourth-order valence-corrected chi connectivity index (χ4v) is 3.16. The molecule has 106 valence electrons. The van der Waals surface area contributed by atoms with Crippen LogP contribution in [0.2, 0.25) is 0 Å². The van der Waals surface area contributed by atoms with E-state index in [-0.39, 0.29) is 12.6 Å². The Bertz CT molecular complexity index is 411. The van der Waals surface area contributed by atoms with Gasteiger partial charge in [-0.2, -0.15) is 0 Å². The summed E-state index contributed by atoms with van der Waals surface area (Å²) in [6.07, 6.45) is 3.53. The SMILES string of the molecule is CCNCc1ccc(N2CCCCC2CO)cc1Br. The molecule has 4 heteroatoms. The lowest BCUT2D eigenvalue weighted by Gasteiger charge is -2.36. The fraction of sp³-hybridized carbons (Fsp3) is 0.600. The van der Waals surface area contributed by atoms with Crippen molar-refractivity contribution >= 4 is 21.6 Å². The Morgan fingerprint density at radius 1 is 1.42 bits per heavy atom. The summed E-state index contributed by atoms with van der Waals surface area (Å²) in [4.78, 5) is 2.34. The van der Waals surface area contributed by atoms with Crippen LogP contribution in [0.4, 0.5) is 5.69 Å². The number of benzene rings is 1. The van der Waals surface area contributed by atoms with E-state index in [1.165, 1.54) is 24.1 Å². The first kappa shape index (κ1) is 14.8. The van der Waals surface area contributed by atoms with E-state index in [0.717, 1.165) is 30.5 Å². The molecule has 19 heavy (non-hydrogen) atoms. The van der Waals surface area contributed by atoms with Crippen LogP contribution < -0.4 is 10.2 Å². The number of anilines is 1. The van der Waals surface area contributed by atoms with Gasteiger partial charge < -0.3 is 15.3 Å². The van der Waals surface area contributed by atoms with Crippen LogP contribution in [0, 0.1) is 0 Å². The van der Waals surface area contributed by atoms with E-state index < -0.39 is 0 Å². The van der Waals surface area contributed by atoms with Gasteiger partial charge in [0, 0.05) is 23.2 Å². The Balaban J connectivity index is 2.13. The molecule has 1 aromatic carbocycles. The first-order valence-electron chi connectivity index (χ1n) is 7.13. The minimum atomic E-state index is 0.247. The summed E-state index contributed by atoms with van der Waals surface area (Å²) in [5, 5.41) is 12.8. The molecule has 0 aromatic heterocycles. The average molecular weight is 327 g/mol. The molecule has 1 aliphatic rings. The van der Waals surface area contributed by atoms with Gasteiger partial charge in [-0.15, -0.1) is 0 Å². The second-order valence-electron chi connectivity index (χ2n) is 5.08. The third kappa shape index (κ3) is 3.71. The summed E-state index contributed by atoms with van der Waals surface area (Å²) in [5.41, 5.74) is 2.49. The summed E-state index contributed by atoms with van der Waals surface area (Å²) in [6, 6.07) is 6.80. The first-order valence-corrected chi connectivity index (χ1v) is 7.92. The van der Waals surface area contributed by atoms with E-state index in [2.05, 4.69) is 51.3 Å². The Morgan fingerprint density at radius 2 is 2.26 bits per heavy atom. The van der Waals surface area contributed by atoms with E-state index in [4.69, 9.17) is 0 Å². The standard InChI is InChI=1S/C15H23BrN2O/c1-2-17-10-12-6-7-13(9-15(12)16)18-8-4-3-5-14(18)11-19/h6-7,9,14,17,19H,2-5,8,10-11H2,1H3. The maximum atomic E-state index is 9.50. The summed E-state index contributed by atoms with van der Waals surface area (Å²) in [7, 11) is 0. The van der Waals surface area contributed by atoms with Gasteiger partial charge in [0.25, 0.3) is 0 Å². The predicted molar refractivity (Wildman–Crippen MR) is 83.6 cm³/mol. The topological polar surface area (TPSA) is 35.5 Å². The van der Waals surface area contributed by atoms with E-state index in [1.54, 1.807) is 0 Å². The monoisotopic (exact) mass is 326 g/mol. The zero-order valence-corrected chi connectivity index (χ0v) is 13.1. The predicted octanol–water partition coefficient (Wildman–Crippen LogP) is 2.91. The number of hydrogen-bond donors (Lipinski definition) is 2. The smallest absolute Gasteiger partial charge is 0.0635 e. The Hall–Kier alpha value is -0.580. The third-order valence-corrected chi connectivity index (χ3v) is 4.51. The summed E-state index contributed by atoms with van der Waals surface area (Å²) >= 11 is 3.66. The van der Waals surface area contributed by atoms with Gasteiger partial charge >= 0.3 is 0 Å². The van der Waals surface area contributed by atoms with Gasteiger partial charge in [0.2, 0.25) is 0 Å². The van der Waals surface area contributed by atoms with Crippen LogP contribution in [0.3, 0.4) is 0 Å². The number of nitrogens with zero attached hydrogens (tertiary/aromatic N) is 1. The van der Waals surface area contributed by atoms with Crippen molar-refractivity contribution in [1.82, 2.24) is 5.32 Å². The van der Waals surface area contributed by atoms with Gasteiger partial charge in [0.05, 0.1) is 12.6 Å². The largest absolute Gasteiger partial charge is 0.394 e. The van der Waals surface area contributed by atoms with E-state index >= 15 is 0 Å². The molecule has 1 fully saturated rings. The molecule has 0 aliphatic carbocycles. The normalized spacial score (nSPS) is 19.7. The van der Waals surface area contributed by atoms with Crippen LogP contribution in [-0.4, -0.2) is 30.8 Å². The number of nitrogens with one attached hydrogen (secondary N) is 1. The highest BCUT2D eigenvalue weighted by Gasteiger charge is 2.22. The Morgan fingerprint density at radius 3 is 2.95 bits per heavy atom. The van der Waals surface area contributed by atoms with Gasteiger partial charge in [-0.1, -0.05) is 28.9 Å². The highest BCUT2D eigenvalue weighted by Crippen LogP contribution is 2.29. The van der Waals surface area contributed by atoms with Crippen molar-refractivity contribution in [2.24, 2.45) is 0 Å². The summed E-state index contributed by atoms with van der Waals surface area (Å²) < 4.78 is 1.15. The lowest BCUT2D eigenvalue weighted by molar-refractivity contribution is 0.240. The molecule has 1 heterocycles. The van der Waals surface area contributed by atoms with Crippen molar-refractivity contribution in [2.75, 3.05) is 24.6 Å². The van der Waals surface area contributed by atoms with Gasteiger partial charge in [-0.3, -0.25) is 0 Å². The van der Waals surface area contributed by atoms with Crippen molar-refractivity contribution in [3.05, 3.63) is 28.2 Å². The van der Waals surface area contributed by atoms with Crippen LogP contribution in [0.15, 0.2) is 22.7 Å². The lowest BCUT2D eigenvalue weighted by atomic mass is 10.0. The number of rotatable bonds is 5. The summed E-state index contributed by atoms with van der Waals surface area (Å²) in [5.74, 6) is 0. The Kier molecular flexibility index (Phi) is 5.67. The number of aliphatic hydroxyl groups is 1. The second-order valence-corrected chi connectivity index (χ2v) is 5.94. The van der Waals surface area contributed by atoms with E-state index in [0.29, 0.717) is 0 Å². The van der Waals surface area contributed by atoms with Gasteiger partial charge in [0.15, 0.2) is 0 Å². The highest BCUT2D eigenvalue weighted by atomic mass is 79.9. The molecule has 0 amide bonds. The third-order valence-electron chi connectivity index (χ3n) is 3.77. The van der Waals surface area contributed by atoms with E-state index in [9.17, 15) is 5.11 Å². The molecule has 1 saturated heterocycles. The first-order chi connectivity index (χ1) is 9.26. The molecule has 0 saturated carbocycles. The minimum Gasteiger partial charge on any atom is -0.394 e. The van der Waals surface area contributed by atoms with Crippen LogP contribution >= 0.6 is 15.9 Å². The minimum absolute atomic E-state index is 0.247. The van der Waals surface area contributed by atoms with Crippen molar-refractivity contribution in [2.45, 2.75) is 38.8 Å². The van der Waals surface area contributed by atoms with Gasteiger partial charge in [0.1, 0.15) is 0 Å². The zero-order valence-electron chi connectivity index (χ0n) is 11.5. The van der Waals surface area contributed by atoms with Crippen molar-refractivity contribution in [3.63, 3.8) is 0 Å². The average Bonchev–Trinajstić information content (AvgIpc) is 2.46. The molecule has 1 unspecified atom stereocenters. The maximum absolute atomic E-state index is 9.50. The van der Waals surface area contributed by atoms with Crippen LogP contribution in [0.1, 0.15) is 31.7 Å². The number of hydrogen-bond acceptors (Lipinski definition) is 3. The lowest BCUT2D eigenvalue weighted by Crippen LogP contribution is -2.41. The van der Waals surface area contributed by atoms with Gasteiger partial charge in [-0.25, -0.2) is 0 Å². The van der Waals surface area contributed by atoms with Crippen molar-refractivity contribution in [3.8, 4) is 0 Å². The molecule has 2 rings (SSSR count). The van der Waals surface area contributed by atoms with E-state index in [1.807, 2.05) is 0 Å². The van der Waals surface area contributed by atoms with Crippen molar-refractivity contribution < 1.29 is 5.11 Å². The maximum Gasteiger partial charge on any atom is 0.0635 e. The van der Waals surface area contributed by atoms with Crippen molar-refractivity contribution in [1.29, 1.82) is 0 Å². The quantitative estimate of drug-likeness (QED) is 0.873. The van der Waals surface area contributed by atoms with Gasteiger partial charge in [-0.05, 0) is 43.5 Å². The molecule has 0 spiro atoms. The zero-order chi connectivity index (χ0) is 13.7. The summed E-state index contributed by atoms with van der Waals surface area (Å²) in [6.45, 7) is 5.27. The van der Waals surface area contributed by atoms with Crippen LogP contribution in [0.25, 0.3) is 0 Å². The second kappa shape index (κ2) is 7.27. The van der Waals surface area contributed by atoms with Crippen LogP contribution in [0.5, 0.6) is 0 Å². The fourth-order valence-electron chi connectivity index (χ4n) is 2.65. The molecule has 1 aliphatic heterocycles. The Labute approximate surface area is 124 Å². The molecule has 0 radical (unpaired) electrons. The van der Waals surface area contributed by atoms with Crippen LogP contribution in [-0.2, 0) is 6.54 Å². The molecule has 1 aromatic rings. The molecule has 2 N–H and O–H groups in total. The molecular formula is C15H23BrN2O. The number of aliphatic hydroxyl groups excluding tert-OH is 1. The molecule has 3 nitrogen and oxygen atoms in total. The highest BCUT2D eigenvalue weighted by molar-refractivity contribution is 9.10. The number of halogens is 1. The number of piperidine rings is 1.